The number of aryl methyl sites for hydroxylation is 1. The van der Waals surface area contributed by atoms with Crippen molar-refractivity contribution in [1.29, 1.82) is 0 Å². The molecule has 22 heavy (non-hydrogen) atoms. The first-order valence-corrected chi connectivity index (χ1v) is 8.13. The van der Waals surface area contributed by atoms with Gasteiger partial charge < -0.3 is 14.6 Å². The summed E-state index contributed by atoms with van der Waals surface area (Å²) in [5.41, 5.74) is 0.923. The summed E-state index contributed by atoms with van der Waals surface area (Å²) >= 11 is 0. The highest BCUT2D eigenvalue weighted by Gasteiger charge is 2.17. The average Bonchev–Trinajstić information content (AvgIpc) is 2.46. The van der Waals surface area contributed by atoms with E-state index in [9.17, 15) is 18.3 Å². The molecule has 0 heterocycles. The standard InChI is InChI=1S/C14H20O7S/c1-3-20-14(16)10-19-8-12(15)9-21-22(17,18)13-6-4-11(2)5-7-13/h4-7,12,15H,3,8-10H2,1-2H3. The molecule has 0 aliphatic carbocycles. The van der Waals surface area contributed by atoms with E-state index in [1.54, 1.807) is 19.1 Å². The first kappa shape index (κ1) is 18.6. The third kappa shape index (κ3) is 6.52. The van der Waals surface area contributed by atoms with E-state index < -0.39 is 28.8 Å². The minimum absolute atomic E-state index is 0.0118. The molecular weight excluding hydrogens is 312 g/mol. The second-order valence-electron chi connectivity index (χ2n) is 4.53. The van der Waals surface area contributed by atoms with E-state index in [0.717, 1.165) is 5.56 Å². The molecule has 0 spiro atoms. The van der Waals surface area contributed by atoms with E-state index >= 15 is 0 Å². The van der Waals surface area contributed by atoms with Gasteiger partial charge in [-0.2, -0.15) is 8.42 Å². The second kappa shape index (κ2) is 8.84. The Balaban J connectivity index is 2.38. The van der Waals surface area contributed by atoms with Crippen LogP contribution in [0, 0.1) is 6.92 Å². The van der Waals surface area contributed by atoms with Gasteiger partial charge in [-0.3, -0.25) is 4.18 Å². The quantitative estimate of drug-likeness (QED) is 0.523. The zero-order valence-electron chi connectivity index (χ0n) is 12.5. The molecule has 0 aliphatic heterocycles. The number of rotatable bonds is 9. The maximum absolute atomic E-state index is 11.9. The Labute approximate surface area is 129 Å². The molecule has 7 nitrogen and oxygen atoms in total. The topological polar surface area (TPSA) is 99.1 Å². The molecule has 0 saturated heterocycles. The van der Waals surface area contributed by atoms with Crippen LogP contribution in [0.5, 0.6) is 0 Å². The largest absolute Gasteiger partial charge is 0.464 e. The van der Waals surface area contributed by atoms with E-state index in [1.807, 2.05) is 6.92 Å². The lowest BCUT2D eigenvalue weighted by molar-refractivity contribution is -0.149. The lowest BCUT2D eigenvalue weighted by Crippen LogP contribution is -2.25. The Kier molecular flexibility index (Phi) is 7.46. The molecule has 0 amide bonds. The van der Waals surface area contributed by atoms with Gasteiger partial charge in [0.2, 0.25) is 0 Å². The van der Waals surface area contributed by atoms with Crippen LogP contribution in [0.4, 0.5) is 0 Å². The van der Waals surface area contributed by atoms with E-state index in [2.05, 4.69) is 4.74 Å². The number of hydrogen-bond acceptors (Lipinski definition) is 7. The number of aliphatic hydroxyl groups excluding tert-OH is 1. The number of carbonyl (C=O) groups is 1. The van der Waals surface area contributed by atoms with Gasteiger partial charge in [0.05, 0.1) is 24.7 Å². The summed E-state index contributed by atoms with van der Waals surface area (Å²) in [6, 6.07) is 6.15. The van der Waals surface area contributed by atoms with Crippen LogP contribution in [-0.4, -0.2) is 52.0 Å². The van der Waals surface area contributed by atoms with Gasteiger partial charge in [-0.05, 0) is 26.0 Å². The lowest BCUT2D eigenvalue weighted by Gasteiger charge is -2.12. The minimum atomic E-state index is -3.93. The summed E-state index contributed by atoms with van der Waals surface area (Å²) in [7, 11) is -3.93. The van der Waals surface area contributed by atoms with Gasteiger partial charge in [0, 0.05) is 0 Å². The van der Waals surface area contributed by atoms with Crippen LogP contribution < -0.4 is 0 Å². The number of aliphatic hydroxyl groups is 1. The van der Waals surface area contributed by atoms with Gasteiger partial charge >= 0.3 is 5.97 Å². The fourth-order valence-electron chi connectivity index (χ4n) is 1.47. The molecule has 1 aromatic carbocycles. The molecule has 0 radical (unpaired) electrons. The van der Waals surface area contributed by atoms with Gasteiger partial charge in [-0.1, -0.05) is 17.7 Å². The third-order valence-electron chi connectivity index (χ3n) is 2.56. The van der Waals surface area contributed by atoms with Crippen LogP contribution in [0.3, 0.4) is 0 Å². The van der Waals surface area contributed by atoms with Crippen LogP contribution in [0.25, 0.3) is 0 Å². The van der Waals surface area contributed by atoms with E-state index in [0.29, 0.717) is 0 Å². The summed E-state index contributed by atoms with van der Waals surface area (Å²) in [5, 5.41) is 9.58. The number of benzene rings is 1. The van der Waals surface area contributed by atoms with Crippen molar-refractivity contribution in [3.8, 4) is 0 Å². The normalized spacial score (nSPS) is 12.9. The number of carbonyl (C=O) groups excluding carboxylic acids is 1. The summed E-state index contributed by atoms with van der Waals surface area (Å²) in [4.78, 5) is 11.0. The number of hydrogen-bond donors (Lipinski definition) is 1. The van der Waals surface area contributed by atoms with Crippen LogP contribution in [0.2, 0.25) is 0 Å². The van der Waals surface area contributed by atoms with E-state index in [1.165, 1.54) is 12.1 Å². The third-order valence-corrected chi connectivity index (χ3v) is 3.86. The second-order valence-corrected chi connectivity index (χ2v) is 6.14. The van der Waals surface area contributed by atoms with Crippen molar-refractivity contribution < 1.29 is 32.0 Å². The van der Waals surface area contributed by atoms with Crippen LogP contribution >= 0.6 is 0 Å². The summed E-state index contributed by atoms with van der Waals surface area (Å²) in [5.74, 6) is -0.553. The van der Waals surface area contributed by atoms with Gasteiger partial charge in [0.15, 0.2) is 0 Å². The molecule has 0 aliphatic rings. The molecule has 124 valence electrons. The Morgan fingerprint density at radius 1 is 1.23 bits per heavy atom. The first-order valence-electron chi connectivity index (χ1n) is 6.72. The maximum Gasteiger partial charge on any atom is 0.332 e. The highest BCUT2D eigenvalue weighted by molar-refractivity contribution is 7.86. The van der Waals surface area contributed by atoms with Gasteiger partial charge in [-0.25, -0.2) is 4.79 Å². The predicted molar refractivity (Wildman–Crippen MR) is 77.8 cm³/mol. The zero-order chi connectivity index (χ0) is 16.6. The Morgan fingerprint density at radius 3 is 2.45 bits per heavy atom. The fraction of sp³-hybridized carbons (Fsp3) is 0.500. The number of esters is 1. The fourth-order valence-corrected chi connectivity index (χ4v) is 2.41. The van der Waals surface area contributed by atoms with Crippen molar-refractivity contribution >= 4 is 16.1 Å². The van der Waals surface area contributed by atoms with Gasteiger partial charge in [0.1, 0.15) is 12.7 Å². The molecule has 1 rings (SSSR count). The summed E-state index contributed by atoms with van der Waals surface area (Å²) < 4.78 is 38.0. The van der Waals surface area contributed by atoms with E-state index in [4.69, 9.17) is 8.92 Å². The molecule has 8 heteroatoms. The molecule has 0 saturated carbocycles. The molecule has 0 fully saturated rings. The average molecular weight is 332 g/mol. The predicted octanol–water partition coefficient (Wildman–Crippen LogP) is 0.641. The smallest absolute Gasteiger partial charge is 0.332 e. The maximum atomic E-state index is 11.9. The molecule has 1 aromatic rings. The minimum Gasteiger partial charge on any atom is -0.464 e. The van der Waals surface area contributed by atoms with Crippen molar-refractivity contribution in [2.24, 2.45) is 0 Å². The summed E-state index contributed by atoms with van der Waals surface area (Å²) in [6.07, 6.45) is -1.17. The Bertz CT molecular complexity index is 565. The Morgan fingerprint density at radius 2 is 1.86 bits per heavy atom. The summed E-state index contributed by atoms with van der Waals surface area (Å²) in [6.45, 7) is 2.73. The first-order chi connectivity index (χ1) is 10.3. The highest BCUT2D eigenvalue weighted by Crippen LogP contribution is 2.13. The molecule has 1 unspecified atom stereocenters. The van der Waals surface area contributed by atoms with Crippen molar-refractivity contribution in [3.63, 3.8) is 0 Å². The van der Waals surface area contributed by atoms with Crippen molar-refractivity contribution in [1.82, 2.24) is 0 Å². The highest BCUT2D eigenvalue weighted by atomic mass is 32.2. The SMILES string of the molecule is CCOC(=O)COCC(O)COS(=O)(=O)c1ccc(C)cc1. The van der Waals surface area contributed by atoms with Crippen LogP contribution in [0.15, 0.2) is 29.2 Å². The van der Waals surface area contributed by atoms with Crippen molar-refractivity contribution in [2.45, 2.75) is 24.8 Å². The van der Waals surface area contributed by atoms with Crippen molar-refractivity contribution in [2.75, 3.05) is 26.4 Å². The molecular formula is C14H20O7S. The molecule has 0 aromatic heterocycles. The monoisotopic (exact) mass is 332 g/mol. The van der Waals surface area contributed by atoms with Crippen LogP contribution in [0.1, 0.15) is 12.5 Å². The molecule has 0 bridgehead atoms. The molecule has 1 atom stereocenters. The molecule has 1 N–H and O–H groups in total. The van der Waals surface area contributed by atoms with Crippen molar-refractivity contribution in [3.05, 3.63) is 29.8 Å². The van der Waals surface area contributed by atoms with E-state index in [-0.39, 0.29) is 24.7 Å². The lowest BCUT2D eigenvalue weighted by atomic mass is 10.2. The van der Waals surface area contributed by atoms with Crippen LogP contribution in [-0.2, 0) is 28.6 Å². The number of ether oxygens (including phenoxy) is 2. The van der Waals surface area contributed by atoms with Gasteiger partial charge in [0.25, 0.3) is 10.1 Å². The van der Waals surface area contributed by atoms with Gasteiger partial charge in [-0.15, -0.1) is 0 Å². The zero-order valence-corrected chi connectivity index (χ0v) is 13.3. The Hall–Kier alpha value is -1.48.